The molecule has 4 N–H and O–H groups in total. The van der Waals surface area contributed by atoms with Crippen LogP contribution in [0.25, 0.3) is 11.6 Å². The van der Waals surface area contributed by atoms with Gasteiger partial charge in [-0.1, -0.05) is 11.6 Å². The van der Waals surface area contributed by atoms with Crippen LogP contribution in [-0.4, -0.2) is 72.3 Å². The maximum Gasteiger partial charge on any atom is 0.256 e. The molecule has 2 aliphatic heterocycles. The number of anilines is 1. The second-order valence-electron chi connectivity index (χ2n) is 8.14. The van der Waals surface area contributed by atoms with Crippen LogP contribution in [0.1, 0.15) is 32.9 Å². The number of aromatic amines is 1. The monoisotopic (exact) mass is 458 g/mol. The number of aliphatic hydroxyl groups excluding tert-OH is 1. The molecule has 8 nitrogen and oxygen atoms in total. The van der Waals surface area contributed by atoms with E-state index in [0.29, 0.717) is 53.0 Å². The van der Waals surface area contributed by atoms with Crippen LogP contribution in [0.15, 0.2) is 18.2 Å². The molecule has 1 fully saturated rings. The van der Waals surface area contributed by atoms with Gasteiger partial charge in [-0.3, -0.25) is 14.5 Å². The summed E-state index contributed by atoms with van der Waals surface area (Å²) in [5.74, 6) is -0.479. The van der Waals surface area contributed by atoms with E-state index in [4.69, 9.17) is 16.3 Å². The van der Waals surface area contributed by atoms with E-state index in [1.165, 1.54) is 0 Å². The Hall–Kier alpha value is -2.65. The average molecular weight is 459 g/mol. The third-order valence-electron chi connectivity index (χ3n) is 5.83. The third-order valence-corrected chi connectivity index (χ3v) is 6.06. The van der Waals surface area contributed by atoms with Crippen LogP contribution < -0.4 is 10.6 Å². The van der Waals surface area contributed by atoms with E-state index >= 15 is 0 Å². The van der Waals surface area contributed by atoms with Crippen LogP contribution in [0.3, 0.4) is 0 Å². The number of β-amino-alcohol motifs (C(OH)–C–C–N with tert-alkyl or cyclic N) is 1. The highest BCUT2D eigenvalue weighted by Crippen LogP contribution is 2.35. The molecule has 1 unspecified atom stereocenters. The van der Waals surface area contributed by atoms with Gasteiger partial charge in [0.1, 0.15) is 0 Å². The molecule has 1 saturated heterocycles. The summed E-state index contributed by atoms with van der Waals surface area (Å²) in [5, 5.41) is 16.5. The van der Waals surface area contributed by atoms with Gasteiger partial charge in [0.15, 0.2) is 0 Å². The quantitative estimate of drug-likeness (QED) is 0.496. The zero-order chi connectivity index (χ0) is 22.8. The highest BCUT2D eigenvalue weighted by atomic mass is 35.5. The van der Waals surface area contributed by atoms with Gasteiger partial charge in [-0.25, -0.2) is 0 Å². The van der Waals surface area contributed by atoms with E-state index < -0.39 is 6.10 Å². The summed E-state index contributed by atoms with van der Waals surface area (Å²) in [6.45, 7) is 7.17. The fraction of sp³-hybridized carbons (Fsp3) is 0.391. The van der Waals surface area contributed by atoms with Crippen LogP contribution >= 0.6 is 11.6 Å². The maximum atomic E-state index is 12.8. The van der Waals surface area contributed by atoms with Gasteiger partial charge in [-0.15, -0.1) is 0 Å². The van der Waals surface area contributed by atoms with Crippen LogP contribution in [-0.2, 0) is 9.53 Å². The molecule has 1 atom stereocenters. The molecule has 9 heteroatoms. The van der Waals surface area contributed by atoms with E-state index in [9.17, 15) is 14.7 Å². The van der Waals surface area contributed by atoms with Crippen LogP contribution in [0.2, 0.25) is 5.02 Å². The molecule has 3 heterocycles. The number of amides is 2. The Morgan fingerprint density at radius 2 is 2.09 bits per heavy atom. The number of nitrogens with zero attached hydrogens (tertiary/aromatic N) is 1. The van der Waals surface area contributed by atoms with Gasteiger partial charge >= 0.3 is 0 Å². The number of carbonyl (C=O) groups is 2. The van der Waals surface area contributed by atoms with Crippen molar-refractivity contribution >= 4 is 40.8 Å². The van der Waals surface area contributed by atoms with Gasteiger partial charge in [0.2, 0.25) is 0 Å². The topological polar surface area (TPSA) is 107 Å². The predicted octanol–water partition coefficient (Wildman–Crippen LogP) is 2.20. The molecule has 0 aliphatic carbocycles. The lowest BCUT2D eigenvalue weighted by Gasteiger charge is -2.28. The van der Waals surface area contributed by atoms with Gasteiger partial charge in [0, 0.05) is 53.8 Å². The summed E-state index contributed by atoms with van der Waals surface area (Å²) < 4.78 is 5.31. The summed E-state index contributed by atoms with van der Waals surface area (Å²) in [7, 11) is 0. The SMILES string of the molecule is Cc1[nH]c(C=C2C(=O)Nc3ccc(Cl)cc32)c(C)c1C(=O)NCC(O)CN1CCOCC1. The molecule has 0 radical (unpaired) electrons. The number of fused-ring (bicyclic) bond motifs is 1. The molecule has 4 rings (SSSR count). The van der Waals surface area contributed by atoms with E-state index in [-0.39, 0.29) is 18.4 Å². The van der Waals surface area contributed by atoms with Gasteiger partial charge in [-0.2, -0.15) is 0 Å². The lowest BCUT2D eigenvalue weighted by molar-refractivity contribution is -0.110. The third kappa shape index (κ3) is 4.73. The summed E-state index contributed by atoms with van der Waals surface area (Å²) in [5.41, 5.74) is 4.54. The number of nitrogens with one attached hydrogen (secondary N) is 3. The highest BCUT2D eigenvalue weighted by Gasteiger charge is 2.26. The minimum absolute atomic E-state index is 0.158. The number of aromatic nitrogens is 1. The Bertz CT molecular complexity index is 1070. The number of halogens is 1. The fourth-order valence-electron chi connectivity index (χ4n) is 4.15. The van der Waals surface area contributed by atoms with E-state index in [1.54, 1.807) is 24.3 Å². The van der Waals surface area contributed by atoms with Crippen LogP contribution in [0, 0.1) is 13.8 Å². The lowest BCUT2D eigenvalue weighted by atomic mass is 10.0. The maximum absolute atomic E-state index is 12.8. The number of carbonyl (C=O) groups excluding carboxylic acids is 2. The molecule has 0 spiro atoms. The van der Waals surface area contributed by atoms with Gasteiger partial charge in [0.25, 0.3) is 11.8 Å². The van der Waals surface area contributed by atoms with Crippen molar-refractivity contribution in [1.82, 2.24) is 15.2 Å². The normalized spacial score (nSPS) is 18.5. The van der Waals surface area contributed by atoms with Crippen molar-refractivity contribution < 1.29 is 19.4 Å². The van der Waals surface area contributed by atoms with Crippen LogP contribution in [0.5, 0.6) is 0 Å². The first kappa shape index (κ1) is 22.5. The van der Waals surface area contributed by atoms with E-state index in [1.807, 2.05) is 13.8 Å². The minimum atomic E-state index is -0.665. The first-order valence-corrected chi connectivity index (χ1v) is 11.0. The lowest BCUT2D eigenvalue weighted by Crippen LogP contribution is -2.44. The van der Waals surface area contributed by atoms with E-state index in [0.717, 1.165) is 24.2 Å². The number of hydrogen-bond donors (Lipinski definition) is 4. The summed E-state index contributed by atoms with van der Waals surface area (Å²) in [4.78, 5) is 30.6. The zero-order valence-corrected chi connectivity index (χ0v) is 18.9. The number of ether oxygens (including phenoxy) is 1. The fourth-order valence-corrected chi connectivity index (χ4v) is 4.32. The van der Waals surface area contributed by atoms with Crippen molar-refractivity contribution in [3.63, 3.8) is 0 Å². The molecule has 32 heavy (non-hydrogen) atoms. The molecular weight excluding hydrogens is 432 g/mol. The number of benzene rings is 1. The van der Waals surface area contributed by atoms with Crippen molar-refractivity contribution in [1.29, 1.82) is 0 Å². The number of aryl methyl sites for hydroxylation is 1. The first-order chi connectivity index (χ1) is 15.3. The van der Waals surface area contributed by atoms with Gasteiger partial charge in [0.05, 0.1) is 30.5 Å². The molecular formula is C23H27ClN4O4. The Kier molecular flexibility index (Phi) is 6.66. The average Bonchev–Trinajstić information content (AvgIpc) is 3.22. The van der Waals surface area contributed by atoms with Crippen LogP contribution in [0.4, 0.5) is 5.69 Å². The van der Waals surface area contributed by atoms with Gasteiger partial charge < -0.3 is 25.5 Å². The zero-order valence-electron chi connectivity index (χ0n) is 18.1. The Morgan fingerprint density at radius 1 is 1.34 bits per heavy atom. The molecule has 2 aliphatic rings. The molecule has 170 valence electrons. The molecule has 1 aromatic carbocycles. The second-order valence-corrected chi connectivity index (χ2v) is 8.58. The standard InChI is InChI=1S/C23H27ClN4O4/c1-13-20(10-18-17-9-15(24)3-4-19(17)27-22(18)30)26-14(2)21(13)23(31)25-11-16(29)12-28-5-7-32-8-6-28/h3-4,9-10,16,26,29H,5-8,11-12H2,1-2H3,(H,25,31)(H,27,30). The molecule has 0 bridgehead atoms. The highest BCUT2D eigenvalue weighted by molar-refractivity contribution is 6.36. The number of aliphatic hydroxyl groups is 1. The largest absolute Gasteiger partial charge is 0.390 e. The van der Waals surface area contributed by atoms with Gasteiger partial charge in [-0.05, 0) is 43.7 Å². The molecule has 1 aromatic heterocycles. The molecule has 2 amide bonds. The Balaban J connectivity index is 1.47. The summed E-state index contributed by atoms with van der Waals surface area (Å²) in [6, 6.07) is 5.24. The minimum Gasteiger partial charge on any atom is -0.390 e. The first-order valence-electron chi connectivity index (χ1n) is 10.6. The Morgan fingerprint density at radius 3 is 2.84 bits per heavy atom. The van der Waals surface area contributed by atoms with Crippen molar-refractivity contribution in [2.24, 2.45) is 0 Å². The summed E-state index contributed by atoms with van der Waals surface area (Å²) >= 11 is 6.11. The van der Waals surface area contributed by atoms with Crippen molar-refractivity contribution in [2.75, 3.05) is 44.7 Å². The van der Waals surface area contributed by atoms with Crippen molar-refractivity contribution in [3.05, 3.63) is 51.3 Å². The Labute approximate surface area is 191 Å². The van der Waals surface area contributed by atoms with Crippen molar-refractivity contribution in [3.8, 4) is 0 Å². The second kappa shape index (κ2) is 9.46. The number of H-pyrrole nitrogens is 1. The number of hydrogen-bond acceptors (Lipinski definition) is 5. The molecule has 0 saturated carbocycles. The predicted molar refractivity (Wildman–Crippen MR) is 124 cm³/mol. The van der Waals surface area contributed by atoms with E-state index in [2.05, 4.69) is 20.5 Å². The number of morpholine rings is 1. The smallest absolute Gasteiger partial charge is 0.256 e. The summed E-state index contributed by atoms with van der Waals surface area (Å²) in [6.07, 6.45) is 1.07. The molecule has 2 aromatic rings. The number of rotatable bonds is 6. The van der Waals surface area contributed by atoms with Crippen molar-refractivity contribution in [2.45, 2.75) is 20.0 Å².